The first-order valence-corrected chi connectivity index (χ1v) is 14.0. The van der Waals surface area contributed by atoms with Crippen LogP contribution in [0.5, 0.6) is 11.5 Å². The fourth-order valence-corrected chi connectivity index (χ4v) is 5.02. The summed E-state index contributed by atoms with van der Waals surface area (Å²) in [5, 5.41) is 4.43. The van der Waals surface area contributed by atoms with E-state index in [4.69, 9.17) is 21.1 Å². The smallest absolute Gasteiger partial charge is 0.264 e. The molecule has 3 aromatic rings. The van der Waals surface area contributed by atoms with Crippen LogP contribution in [0.4, 0.5) is 5.69 Å². The van der Waals surface area contributed by atoms with Crippen LogP contribution in [-0.2, 0) is 14.8 Å². The molecular weight excluding hydrogens is 526 g/mol. The molecule has 202 valence electrons. The molecular formula is C28H32ClN3O5S. The fourth-order valence-electron chi connectivity index (χ4n) is 3.48. The van der Waals surface area contributed by atoms with Crippen molar-refractivity contribution in [2.75, 3.05) is 24.1 Å². The van der Waals surface area contributed by atoms with Gasteiger partial charge in [-0.3, -0.25) is 9.10 Å². The van der Waals surface area contributed by atoms with Gasteiger partial charge in [0.2, 0.25) is 0 Å². The molecule has 3 rings (SSSR count). The molecule has 0 saturated heterocycles. The van der Waals surface area contributed by atoms with Gasteiger partial charge in [-0.1, -0.05) is 24.6 Å². The Bertz CT molecular complexity index is 1390. The van der Waals surface area contributed by atoms with Gasteiger partial charge in [-0.25, -0.2) is 13.8 Å². The molecule has 0 bridgehead atoms. The van der Waals surface area contributed by atoms with E-state index in [2.05, 4.69) is 10.5 Å². The molecule has 0 aliphatic rings. The minimum absolute atomic E-state index is 0.0188. The molecule has 10 heteroatoms. The normalized spacial score (nSPS) is 11.4. The Balaban J connectivity index is 1.81. The van der Waals surface area contributed by atoms with Crippen LogP contribution in [0.1, 0.15) is 37.0 Å². The Morgan fingerprint density at radius 3 is 2.37 bits per heavy atom. The van der Waals surface area contributed by atoms with Crippen molar-refractivity contribution in [3.05, 3.63) is 82.4 Å². The number of nitrogens with one attached hydrogen (secondary N) is 1. The Labute approximate surface area is 229 Å². The Kier molecular flexibility index (Phi) is 10.2. The van der Waals surface area contributed by atoms with Crippen molar-refractivity contribution < 1.29 is 22.7 Å². The van der Waals surface area contributed by atoms with Crippen molar-refractivity contribution in [1.29, 1.82) is 0 Å². The molecule has 3 aromatic carbocycles. The van der Waals surface area contributed by atoms with Crippen molar-refractivity contribution >= 4 is 39.4 Å². The number of hydrogen-bond donors (Lipinski definition) is 1. The van der Waals surface area contributed by atoms with Crippen molar-refractivity contribution in [2.24, 2.45) is 5.10 Å². The zero-order valence-electron chi connectivity index (χ0n) is 21.9. The number of aryl methyl sites for hydroxylation is 2. The number of nitrogens with zero attached hydrogens (tertiary/aromatic N) is 2. The monoisotopic (exact) mass is 557 g/mol. The molecule has 0 aromatic heterocycles. The number of amides is 1. The maximum absolute atomic E-state index is 13.5. The summed E-state index contributed by atoms with van der Waals surface area (Å²) in [7, 11) is -4.07. The summed E-state index contributed by atoms with van der Waals surface area (Å²) in [5.41, 5.74) is 5.37. The molecule has 8 nitrogen and oxygen atoms in total. The van der Waals surface area contributed by atoms with Gasteiger partial charge in [-0.05, 0) is 98.5 Å². The molecule has 0 fully saturated rings. The molecule has 0 spiro atoms. The van der Waals surface area contributed by atoms with Crippen molar-refractivity contribution in [2.45, 2.75) is 39.0 Å². The van der Waals surface area contributed by atoms with Crippen LogP contribution in [0.15, 0.2) is 70.7 Å². The Morgan fingerprint density at radius 2 is 1.71 bits per heavy atom. The zero-order chi connectivity index (χ0) is 27.7. The van der Waals surface area contributed by atoms with Gasteiger partial charge in [-0.15, -0.1) is 0 Å². The number of anilines is 1. The minimum Gasteiger partial charge on any atom is -0.490 e. The van der Waals surface area contributed by atoms with Crippen LogP contribution in [0.2, 0.25) is 5.02 Å². The topological polar surface area (TPSA) is 97.3 Å². The third-order valence-electron chi connectivity index (χ3n) is 5.60. The highest BCUT2D eigenvalue weighted by atomic mass is 35.5. The van der Waals surface area contributed by atoms with Crippen LogP contribution in [0, 0.1) is 13.8 Å². The lowest BCUT2D eigenvalue weighted by atomic mass is 10.1. The van der Waals surface area contributed by atoms with E-state index in [1.807, 2.05) is 33.8 Å². The Hall–Kier alpha value is -3.56. The second-order valence-corrected chi connectivity index (χ2v) is 10.8. The van der Waals surface area contributed by atoms with Crippen LogP contribution in [-0.4, -0.2) is 40.3 Å². The minimum atomic E-state index is -4.07. The van der Waals surface area contributed by atoms with E-state index in [-0.39, 0.29) is 4.90 Å². The SMILES string of the molecule is CCCOc1ccc(/C=N\NC(=O)CN(c2ccc(C)c(C)c2)S(=O)(=O)c2ccc(Cl)cc2)cc1OCC. The molecule has 0 aliphatic carbocycles. The average Bonchev–Trinajstić information content (AvgIpc) is 2.89. The van der Waals surface area contributed by atoms with E-state index in [1.54, 1.807) is 30.3 Å². The molecule has 0 unspecified atom stereocenters. The molecule has 0 aliphatic heterocycles. The van der Waals surface area contributed by atoms with Crippen LogP contribution in [0.3, 0.4) is 0 Å². The summed E-state index contributed by atoms with van der Waals surface area (Å²) < 4.78 is 39.4. The highest BCUT2D eigenvalue weighted by Gasteiger charge is 2.27. The first-order chi connectivity index (χ1) is 18.1. The van der Waals surface area contributed by atoms with Gasteiger partial charge in [0.1, 0.15) is 6.54 Å². The van der Waals surface area contributed by atoms with E-state index in [0.29, 0.717) is 41.0 Å². The number of hydrogen-bond acceptors (Lipinski definition) is 6. The number of ether oxygens (including phenoxy) is 2. The summed E-state index contributed by atoms with van der Waals surface area (Å²) in [4.78, 5) is 12.9. The summed E-state index contributed by atoms with van der Waals surface area (Å²) >= 11 is 5.94. The summed E-state index contributed by atoms with van der Waals surface area (Å²) in [6.45, 7) is 8.27. The number of sulfonamides is 1. The molecule has 38 heavy (non-hydrogen) atoms. The summed E-state index contributed by atoms with van der Waals surface area (Å²) in [6.07, 6.45) is 2.33. The summed E-state index contributed by atoms with van der Waals surface area (Å²) in [6, 6.07) is 16.3. The van der Waals surface area contributed by atoms with Gasteiger partial charge in [0, 0.05) is 5.02 Å². The molecule has 0 atom stereocenters. The number of carbonyl (C=O) groups is 1. The number of benzene rings is 3. The van der Waals surface area contributed by atoms with Gasteiger partial charge < -0.3 is 9.47 Å². The van der Waals surface area contributed by atoms with Gasteiger partial charge in [0.25, 0.3) is 15.9 Å². The van der Waals surface area contributed by atoms with E-state index in [1.165, 1.54) is 30.5 Å². The second kappa shape index (κ2) is 13.3. The molecule has 1 N–H and O–H groups in total. The maximum atomic E-state index is 13.5. The first-order valence-electron chi connectivity index (χ1n) is 12.2. The number of carbonyl (C=O) groups excluding carboxylic acids is 1. The maximum Gasteiger partial charge on any atom is 0.264 e. The van der Waals surface area contributed by atoms with Gasteiger partial charge in [0.15, 0.2) is 11.5 Å². The third-order valence-corrected chi connectivity index (χ3v) is 7.64. The number of hydrazone groups is 1. The van der Waals surface area contributed by atoms with E-state index in [9.17, 15) is 13.2 Å². The fraction of sp³-hybridized carbons (Fsp3) is 0.286. The zero-order valence-corrected chi connectivity index (χ0v) is 23.5. The van der Waals surface area contributed by atoms with E-state index < -0.39 is 22.5 Å². The third kappa shape index (κ3) is 7.49. The van der Waals surface area contributed by atoms with E-state index >= 15 is 0 Å². The lowest BCUT2D eigenvalue weighted by molar-refractivity contribution is -0.119. The molecule has 0 heterocycles. The van der Waals surface area contributed by atoms with Gasteiger partial charge in [0.05, 0.1) is 30.0 Å². The van der Waals surface area contributed by atoms with Crippen LogP contribution >= 0.6 is 11.6 Å². The largest absolute Gasteiger partial charge is 0.490 e. The van der Waals surface area contributed by atoms with Crippen molar-refractivity contribution in [3.8, 4) is 11.5 Å². The lowest BCUT2D eigenvalue weighted by Crippen LogP contribution is -2.39. The molecule has 1 amide bonds. The Morgan fingerprint density at radius 1 is 0.974 bits per heavy atom. The first kappa shape index (κ1) is 29.0. The predicted octanol–water partition coefficient (Wildman–Crippen LogP) is 5.49. The summed E-state index contributed by atoms with van der Waals surface area (Å²) in [5.74, 6) is 0.600. The van der Waals surface area contributed by atoms with Gasteiger partial charge >= 0.3 is 0 Å². The standard InChI is InChI=1S/C28H32ClN3O5S/c1-5-15-37-26-14-8-22(17-27(26)36-6-2)18-30-31-28(33)19-32(24-11-7-20(3)21(4)16-24)38(34,35)25-12-9-23(29)10-13-25/h7-14,16-18H,5-6,15,19H2,1-4H3,(H,31,33)/b30-18-. The highest BCUT2D eigenvalue weighted by molar-refractivity contribution is 7.92. The lowest BCUT2D eigenvalue weighted by Gasteiger charge is -2.24. The molecule has 0 saturated carbocycles. The van der Waals surface area contributed by atoms with Gasteiger partial charge in [-0.2, -0.15) is 5.10 Å². The second-order valence-electron chi connectivity index (χ2n) is 8.51. The van der Waals surface area contributed by atoms with Crippen molar-refractivity contribution in [1.82, 2.24) is 5.43 Å². The average molecular weight is 558 g/mol. The highest BCUT2D eigenvalue weighted by Crippen LogP contribution is 2.29. The molecule has 0 radical (unpaired) electrons. The number of halogens is 1. The number of rotatable bonds is 12. The van der Waals surface area contributed by atoms with Crippen LogP contribution < -0.4 is 19.2 Å². The van der Waals surface area contributed by atoms with Crippen molar-refractivity contribution in [3.63, 3.8) is 0 Å². The van der Waals surface area contributed by atoms with E-state index in [0.717, 1.165) is 21.9 Å². The van der Waals surface area contributed by atoms with Crippen LogP contribution in [0.25, 0.3) is 0 Å². The quantitative estimate of drug-likeness (QED) is 0.234. The predicted molar refractivity (Wildman–Crippen MR) is 151 cm³/mol.